The number of hydrogen-bond acceptors (Lipinski definition) is 3. The summed E-state index contributed by atoms with van der Waals surface area (Å²) >= 11 is 0. The quantitative estimate of drug-likeness (QED) is 0.537. The van der Waals surface area contributed by atoms with E-state index in [9.17, 15) is 0 Å². The summed E-state index contributed by atoms with van der Waals surface area (Å²) in [5.74, 6) is 0.629. The van der Waals surface area contributed by atoms with Gasteiger partial charge in [0.2, 0.25) is 0 Å². The molecule has 0 amide bonds. The molecule has 16 heavy (non-hydrogen) atoms. The summed E-state index contributed by atoms with van der Waals surface area (Å²) in [5.41, 5.74) is 5.67. The highest BCUT2D eigenvalue weighted by Gasteiger charge is 2.50. The molecule has 1 atom stereocenters. The zero-order valence-corrected chi connectivity index (χ0v) is 10.2. The van der Waals surface area contributed by atoms with Crippen LogP contribution in [0.25, 0.3) is 0 Å². The summed E-state index contributed by atoms with van der Waals surface area (Å²) in [6.45, 7) is 9.96. The first-order valence-corrected chi connectivity index (χ1v) is 6.35. The SMILES string of the molecule is C[N+]12CC[N+](C3CN=C(N)NC3)(CC1)CC2. The lowest BCUT2D eigenvalue weighted by Crippen LogP contribution is -2.78. The third-order valence-corrected chi connectivity index (χ3v) is 5.02. The molecule has 5 nitrogen and oxygen atoms in total. The van der Waals surface area contributed by atoms with Gasteiger partial charge >= 0.3 is 0 Å². The maximum Gasteiger partial charge on any atom is 0.189 e. The topological polar surface area (TPSA) is 50.4 Å². The van der Waals surface area contributed by atoms with Crippen molar-refractivity contribution in [2.45, 2.75) is 6.04 Å². The number of piperazine rings is 3. The fraction of sp³-hybridized carbons (Fsp3) is 0.909. The number of aliphatic imine (C=N–C) groups is 1. The summed E-state index contributed by atoms with van der Waals surface area (Å²) in [4.78, 5) is 4.38. The minimum Gasteiger partial charge on any atom is -0.370 e. The Morgan fingerprint density at radius 3 is 2.31 bits per heavy atom. The Bertz CT molecular complexity index is 300. The lowest BCUT2D eigenvalue weighted by molar-refractivity contribution is -1.08. The first-order chi connectivity index (χ1) is 7.62. The molecule has 3 N–H and O–H groups in total. The molecular formula is C11H23N5+2. The smallest absolute Gasteiger partial charge is 0.189 e. The number of rotatable bonds is 1. The molecule has 1 unspecified atom stereocenters. The van der Waals surface area contributed by atoms with Crippen molar-refractivity contribution in [3.63, 3.8) is 0 Å². The average Bonchev–Trinajstić information content (AvgIpc) is 2.31. The van der Waals surface area contributed by atoms with Crippen LogP contribution in [-0.4, -0.2) is 80.4 Å². The molecule has 0 aromatic carbocycles. The van der Waals surface area contributed by atoms with Crippen molar-refractivity contribution in [1.29, 1.82) is 0 Å². The van der Waals surface area contributed by atoms with E-state index in [0.29, 0.717) is 12.0 Å². The zero-order valence-electron chi connectivity index (χ0n) is 10.2. The number of nitrogens with one attached hydrogen (secondary N) is 1. The van der Waals surface area contributed by atoms with Crippen molar-refractivity contribution >= 4 is 5.96 Å². The first kappa shape index (κ1) is 10.4. The number of quaternary nitrogens is 2. The molecule has 2 bridgehead atoms. The van der Waals surface area contributed by atoms with Crippen molar-refractivity contribution < 1.29 is 8.97 Å². The highest BCUT2D eigenvalue weighted by atomic mass is 15.5. The molecule has 0 aromatic heterocycles. The lowest BCUT2D eigenvalue weighted by Gasteiger charge is -2.57. The second kappa shape index (κ2) is 3.34. The molecular weight excluding hydrogens is 202 g/mol. The van der Waals surface area contributed by atoms with E-state index in [4.69, 9.17) is 5.73 Å². The normalized spacial score (nSPS) is 47.3. The van der Waals surface area contributed by atoms with Crippen molar-refractivity contribution in [3.05, 3.63) is 0 Å². The number of nitrogens with zero attached hydrogens (tertiary/aromatic N) is 3. The van der Waals surface area contributed by atoms with Gasteiger partial charge in [-0.05, 0) is 0 Å². The van der Waals surface area contributed by atoms with E-state index in [1.807, 2.05) is 0 Å². The molecule has 0 aromatic rings. The van der Waals surface area contributed by atoms with E-state index in [-0.39, 0.29) is 0 Å². The molecule has 4 rings (SSSR count). The lowest BCUT2D eigenvalue weighted by atomic mass is 10.0. The highest BCUT2D eigenvalue weighted by molar-refractivity contribution is 5.78. The standard InChI is InChI=1S/C11H23N5/c1-15-2-5-16(6-3-15,7-4-15)10-8-13-11(12)14-9-10/h10H,2-9H2,1H3,(H3,12,13,14)/q+2. The van der Waals surface area contributed by atoms with Crippen LogP contribution in [0.1, 0.15) is 0 Å². The number of fused-ring (bicyclic) bond motifs is 3. The number of nitrogens with two attached hydrogens (primary N) is 1. The third-order valence-electron chi connectivity index (χ3n) is 5.02. The van der Waals surface area contributed by atoms with Crippen LogP contribution in [0.3, 0.4) is 0 Å². The maximum atomic E-state index is 5.67. The molecule has 0 aliphatic carbocycles. The van der Waals surface area contributed by atoms with Crippen LogP contribution >= 0.6 is 0 Å². The molecule has 4 aliphatic rings. The monoisotopic (exact) mass is 225 g/mol. The predicted octanol–water partition coefficient (Wildman–Crippen LogP) is -1.44. The van der Waals surface area contributed by atoms with Crippen molar-refractivity contribution in [2.24, 2.45) is 10.7 Å². The van der Waals surface area contributed by atoms with E-state index in [1.165, 1.54) is 48.2 Å². The fourth-order valence-corrected chi connectivity index (χ4v) is 3.45. The zero-order chi connectivity index (χ0) is 11.2. The average molecular weight is 225 g/mol. The summed E-state index contributed by atoms with van der Waals surface area (Å²) in [5, 5.41) is 3.22. The van der Waals surface area contributed by atoms with E-state index in [1.54, 1.807) is 0 Å². The number of guanidine groups is 1. The molecule has 0 spiro atoms. The van der Waals surface area contributed by atoms with Gasteiger partial charge in [0.25, 0.3) is 0 Å². The van der Waals surface area contributed by atoms with Crippen LogP contribution in [0.5, 0.6) is 0 Å². The number of likely N-dealkylation sites (N-methyl/N-ethyl adjacent to an activating group) is 1. The summed E-state index contributed by atoms with van der Waals surface area (Å²) in [6.07, 6.45) is 0. The molecule has 3 fully saturated rings. The van der Waals surface area contributed by atoms with Crippen LogP contribution in [0.4, 0.5) is 0 Å². The van der Waals surface area contributed by atoms with E-state index in [0.717, 1.165) is 13.1 Å². The van der Waals surface area contributed by atoms with E-state index < -0.39 is 0 Å². The minimum atomic E-state index is 0.629. The van der Waals surface area contributed by atoms with Crippen LogP contribution in [0, 0.1) is 0 Å². The van der Waals surface area contributed by atoms with Gasteiger partial charge in [-0.1, -0.05) is 0 Å². The Labute approximate surface area is 97.1 Å². The molecule has 0 saturated carbocycles. The van der Waals surface area contributed by atoms with Crippen molar-refractivity contribution in [2.75, 3.05) is 59.4 Å². The van der Waals surface area contributed by atoms with Crippen LogP contribution in [0.2, 0.25) is 0 Å². The second-order valence-corrected chi connectivity index (χ2v) is 5.94. The van der Waals surface area contributed by atoms with Gasteiger partial charge in [-0.2, -0.15) is 0 Å². The predicted molar refractivity (Wildman–Crippen MR) is 63.9 cm³/mol. The van der Waals surface area contributed by atoms with Gasteiger partial charge in [0, 0.05) is 0 Å². The first-order valence-electron chi connectivity index (χ1n) is 6.35. The highest BCUT2D eigenvalue weighted by Crippen LogP contribution is 2.28. The van der Waals surface area contributed by atoms with Gasteiger partial charge in [0.05, 0.1) is 20.1 Å². The van der Waals surface area contributed by atoms with Crippen molar-refractivity contribution in [1.82, 2.24) is 5.32 Å². The van der Waals surface area contributed by atoms with Gasteiger partial charge in [0.15, 0.2) is 5.96 Å². The van der Waals surface area contributed by atoms with E-state index >= 15 is 0 Å². The van der Waals surface area contributed by atoms with Crippen LogP contribution < -0.4 is 11.1 Å². The molecule has 4 aliphatic heterocycles. The molecule has 4 heterocycles. The third kappa shape index (κ3) is 1.50. The van der Waals surface area contributed by atoms with Crippen LogP contribution in [-0.2, 0) is 0 Å². The van der Waals surface area contributed by atoms with E-state index in [2.05, 4.69) is 17.4 Å². The molecule has 3 saturated heterocycles. The summed E-state index contributed by atoms with van der Waals surface area (Å²) in [7, 11) is 2.41. The maximum absolute atomic E-state index is 5.67. The Morgan fingerprint density at radius 2 is 1.81 bits per heavy atom. The Balaban J connectivity index is 1.75. The minimum absolute atomic E-state index is 0.629. The Morgan fingerprint density at radius 1 is 1.19 bits per heavy atom. The summed E-state index contributed by atoms with van der Waals surface area (Å²) < 4.78 is 2.59. The fourth-order valence-electron chi connectivity index (χ4n) is 3.45. The Hall–Kier alpha value is -0.810. The van der Waals surface area contributed by atoms with Crippen molar-refractivity contribution in [3.8, 4) is 0 Å². The summed E-state index contributed by atoms with van der Waals surface area (Å²) in [6, 6.07) is 0.654. The van der Waals surface area contributed by atoms with Crippen LogP contribution in [0.15, 0.2) is 4.99 Å². The van der Waals surface area contributed by atoms with Gasteiger partial charge in [0.1, 0.15) is 45.3 Å². The molecule has 5 heteroatoms. The second-order valence-electron chi connectivity index (χ2n) is 5.94. The van der Waals surface area contributed by atoms with Gasteiger partial charge in [-0.3, -0.25) is 0 Å². The molecule has 0 radical (unpaired) electrons. The van der Waals surface area contributed by atoms with Gasteiger partial charge < -0.3 is 20.0 Å². The largest absolute Gasteiger partial charge is 0.370 e. The Kier molecular flexibility index (Phi) is 2.16. The van der Waals surface area contributed by atoms with Gasteiger partial charge in [-0.25, -0.2) is 4.99 Å². The molecule has 90 valence electrons. The number of hydrogen-bond donors (Lipinski definition) is 2. The van der Waals surface area contributed by atoms with Gasteiger partial charge in [-0.15, -0.1) is 0 Å².